The first kappa shape index (κ1) is 11.4. The lowest BCUT2D eigenvalue weighted by Crippen LogP contribution is -2.34. The van der Waals surface area contributed by atoms with Crippen LogP contribution in [0.2, 0.25) is 0 Å². The molecule has 1 aromatic rings. The summed E-state index contributed by atoms with van der Waals surface area (Å²) in [6, 6.07) is 1.61. The van der Waals surface area contributed by atoms with Crippen LogP contribution >= 0.6 is 0 Å². The Morgan fingerprint density at radius 2 is 2.12 bits per heavy atom. The maximum Gasteiger partial charge on any atom is 0.143 e. The molecule has 1 aliphatic rings. The van der Waals surface area contributed by atoms with Crippen molar-refractivity contribution in [3.63, 3.8) is 0 Å². The van der Waals surface area contributed by atoms with Gasteiger partial charge in [0, 0.05) is 19.2 Å². The minimum absolute atomic E-state index is 0.238. The Labute approximate surface area is 96.5 Å². The number of rotatable bonds is 2. The lowest BCUT2D eigenvalue weighted by Gasteiger charge is -2.33. The van der Waals surface area contributed by atoms with Gasteiger partial charge in [-0.05, 0) is 25.7 Å². The van der Waals surface area contributed by atoms with Gasteiger partial charge in [0.2, 0.25) is 0 Å². The van der Waals surface area contributed by atoms with Crippen LogP contribution in [0.15, 0.2) is 12.3 Å². The summed E-state index contributed by atoms with van der Waals surface area (Å²) in [6.45, 7) is 6.25. The van der Waals surface area contributed by atoms with Crippen LogP contribution in [0.25, 0.3) is 0 Å². The summed E-state index contributed by atoms with van der Waals surface area (Å²) < 4.78 is 13.2. The van der Waals surface area contributed by atoms with Gasteiger partial charge in [0.1, 0.15) is 5.82 Å². The second-order valence-electron chi connectivity index (χ2n) is 4.60. The summed E-state index contributed by atoms with van der Waals surface area (Å²) in [5, 5.41) is 0. The highest BCUT2D eigenvalue weighted by atomic mass is 19.1. The molecule has 3 heteroatoms. The smallest absolute Gasteiger partial charge is 0.143 e. The molecule has 0 N–H and O–H groups in total. The summed E-state index contributed by atoms with van der Waals surface area (Å²) in [4.78, 5) is 6.34. The fourth-order valence-corrected chi connectivity index (χ4v) is 2.40. The minimum Gasteiger partial charge on any atom is -0.370 e. The van der Waals surface area contributed by atoms with Gasteiger partial charge in [-0.2, -0.15) is 0 Å². The Morgan fingerprint density at radius 1 is 1.44 bits per heavy atom. The van der Waals surface area contributed by atoms with Crippen molar-refractivity contribution < 1.29 is 4.39 Å². The van der Waals surface area contributed by atoms with Gasteiger partial charge in [0.15, 0.2) is 0 Å². The molecule has 0 unspecified atom stereocenters. The molecule has 2 heterocycles. The molecule has 0 bridgehead atoms. The normalized spacial score (nSPS) is 17.8. The van der Waals surface area contributed by atoms with Crippen molar-refractivity contribution in [2.75, 3.05) is 18.0 Å². The summed E-state index contributed by atoms with van der Waals surface area (Å²) in [5.41, 5.74) is 1.89. The molecule has 2 nitrogen and oxygen atoms in total. The zero-order chi connectivity index (χ0) is 11.5. The van der Waals surface area contributed by atoms with Crippen molar-refractivity contribution in [3.05, 3.63) is 23.8 Å². The van der Waals surface area contributed by atoms with Crippen LogP contribution in [0.5, 0.6) is 0 Å². The minimum atomic E-state index is -0.238. The van der Waals surface area contributed by atoms with Crippen LogP contribution in [-0.2, 0) is 0 Å². The molecule has 1 aromatic heterocycles. The number of nitrogens with zero attached hydrogens (tertiary/aromatic N) is 2. The van der Waals surface area contributed by atoms with E-state index in [4.69, 9.17) is 0 Å². The molecule has 0 aliphatic carbocycles. The molecular formula is C13H19FN2. The van der Waals surface area contributed by atoms with E-state index in [0.29, 0.717) is 0 Å². The lowest BCUT2D eigenvalue weighted by atomic mass is 9.94. The van der Waals surface area contributed by atoms with Gasteiger partial charge >= 0.3 is 0 Å². The Balaban J connectivity index is 2.10. The fraction of sp³-hybridized carbons (Fsp3) is 0.615. The zero-order valence-corrected chi connectivity index (χ0v) is 10.0. The Hall–Kier alpha value is -1.12. The van der Waals surface area contributed by atoms with Crippen LogP contribution in [0, 0.1) is 18.7 Å². The van der Waals surface area contributed by atoms with E-state index < -0.39 is 0 Å². The van der Waals surface area contributed by atoms with Gasteiger partial charge < -0.3 is 4.90 Å². The number of piperidine rings is 1. The first-order valence-corrected chi connectivity index (χ1v) is 6.07. The van der Waals surface area contributed by atoms with Crippen LogP contribution in [0.1, 0.15) is 31.9 Å². The summed E-state index contributed by atoms with van der Waals surface area (Å²) in [5.74, 6) is 0.608. The number of aromatic nitrogens is 1. The van der Waals surface area contributed by atoms with Gasteiger partial charge in [-0.25, -0.2) is 4.39 Å². The standard InChI is InChI=1S/C13H19FN2/c1-3-11-4-6-16(7-5-11)13-8-12(14)9-15-10(13)2/h8-9,11H,3-7H2,1-2H3. The first-order valence-electron chi connectivity index (χ1n) is 6.07. The first-order chi connectivity index (χ1) is 7.70. The summed E-state index contributed by atoms with van der Waals surface area (Å²) >= 11 is 0. The van der Waals surface area contributed by atoms with E-state index in [1.807, 2.05) is 6.92 Å². The van der Waals surface area contributed by atoms with Gasteiger partial charge in [0.05, 0.1) is 17.6 Å². The third kappa shape index (κ3) is 2.34. The van der Waals surface area contributed by atoms with Crippen molar-refractivity contribution in [2.24, 2.45) is 5.92 Å². The molecule has 0 saturated carbocycles. The molecule has 1 saturated heterocycles. The van der Waals surface area contributed by atoms with E-state index in [9.17, 15) is 4.39 Å². The monoisotopic (exact) mass is 222 g/mol. The zero-order valence-electron chi connectivity index (χ0n) is 10.0. The molecule has 88 valence electrons. The van der Waals surface area contributed by atoms with Crippen LogP contribution in [0.3, 0.4) is 0 Å². The molecule has 1 fully saturated rings. The third-order valence-electron chi connectivity index (χ3n) is 3.56. The fourth-order valence-electron chi connectivity index (χ4n) is 2.40. The number of anilines is 1. The Morgan fingerprint density at radius 3 is 2.75 bits per heavy atom. The molecule has 0 aromatic carbocycles. The van der Waals surface area contributed by atoms with Crippen LogP contribution < -0.4 is 4.90 Å². The van der Waals surface area contributed by atoms with E-state index >= 15 is 0 Å². The molecule has 0 atom stereocenters. The van der Waals surface area contributed by atoms with Gasteiger partial charge in [-0.15, -0.1) is 0 Å². The SMILES string of the molecule is CCC1CCN(c2cc(F)cnc2C)CC1. The average molecular weight is 222 g/mol. The van der Waals surface area contributed by atoms with Crippen molar-refractivity contribution >= 4 is 5.69 Å². The largest absolute Gasteiger partial charge is 0.370 e. The predicted octanol–water partition coefficient (Wildman–Crippen LogP) is 3.16. The van der Waals surface area contributed by atoms with E-state index in [0.717, 1.165) is 30.4 Å². The van der Waals surface area contributed by atoms with Gasteiger partial charge in [-0.3, -0.25) is 4.98 Å². The third-order valence-corrected chi connectivity index (χ3v) is 3.56. The van der Waals surface area contributed by atoms with E-state index in [2.05, 4.69) is 16.8 Å². The highest BCUT2D eigenvalue weighted by molar-refractivity contribution is 5.50. The molecule has 16 heavy (non-hydrogen) atoms. The number of hydrogen-bond acceptors (Lipinski definition) is 2. The number of halogens is 1. The molecular weight excluding hydrogens is 203 g/mol. The topological polar surface area (TPSA) is 16.1 Å². The van der Waals surface area contributed by atoms with Gasteiger partial charge in [0.25, 0.3) is 0 Å². The van der Waals surface area contributed by atoms with Crippen molar-refractivity contribution in [1.29, 1.82) is 0 Å². The summed E-state index contributed by atoms with van der Waals surface area (Å²) in [7, 11) is 0. The molecule has 1 aliphatic heterocycles. The number of aryl methyl sites for hydroxylation is 1. The quantitative estimate of drug-likeness (QED) is 0.764. The van der Waals surface area contributed by atoms with Crippen molar-refractivity contribution in [3.8, 4) is 0 Å². The van der Waals surface area contributed by atoms with Crippen molar-refractivity contribution in [2.45, 2.75) is 33.1 Å². The van der Waals surface area contributed by atoms with Gasteiger partial charge in [-0.1, -0.05) is 13.3 Å². The average Bonchev–Trinajstić information content (AvgIpc) is 2.32. The van der Waals surface area contributed by atoms with Crippen LogP contribution in [-0.4, -0.2) is 18.1 Å². The second-order valence-corrected chi connectivity index (χ2v) is 4.60. The van der Waals surface area contributed by atoms with E-state index in [1.54, 1.807) is 6.07 Å². The Bertz CT molecular complexity index is 357. The molecule has 0 radical (unpaired) electrons. The Kier molecular flexibility index (Phi) is 3.42. The lowest BCUT2D eigenvalue weighted by molar-refractivity contribution is 0.394. The molecule has 0 amide bonds. The highest BCUT2D eigenvalue weighted by Crippen LogP contribution is 2.26. The molecule has 0 spiro atoms. The van der Waals surface area contributed by atoms with E-state index in [-0.39, 0.29) is 5.82 Å². The van der Waals surface area contributed by atoms with Crippen molar-refractivity contribution in [1.82, 2.24) is 4.98 Å². The number of hydrogen-bond donors (Lipinski definition) is 0. The maximum absolute atomic E-state index is 13.2. The summed E-state index contributed by atoms with van der Waals surface area (Å²) in [6.07, 6.45) is 4.98. The van der Waals surface area contributed by atoms with E-state index in [1.165, 1.54) is 25.5 Å². The highest BCUT2D eigenvalue weighted by Gasteiger charge is 2.19. The predicted molar refractivity (Wildman–Crippen MR) is 64.2 cm³/mol. The van der Waals surface area contributed by atoms with Crippen LogP contribution in [0.4, 0.5) is 10.1 Å². The second kappa shape index (κ2) is 4.81. The number of pyridine rings is 1. The maximum atomic E-state index is 13.2. The molecule has 2 rings (SSSR count).